The van der Waals surface area contributed by atoms with Crippen molar-refractivity contribution in [2.24, 2.45) is 11.5 Å². The first-order chi connectivity index (χ1) is 14.5. The summed E-state index contributed by atoms with van der Waals surface area (Å²) in [5.74, 6) is -0.00382. The number of amides is 1. The van der Waals surface area contributed by atoms with Crippen molar-refractivity contribution in [1.82, 2.24) is 19.9 Å². The molecule has 1 amide bonds. The smallest absolute Gasteiger partial charge is 0.254 e. The molecule has 1 saturated carbocycles. The lowest BCUT2D eigenvalue weighted by Gasteiger charge is -2.29. The number of carbonyl (C=O) groups is 1. The largest absolute Gasteiger partial charge is 0.365 e. The Morgan fingerprint density at radius 3 is 2.87 bits per heavy atom. The van der Waals surface area contributed by atoms with Crippen LogP contribution in [0.15, 0.2) is 42.9 Å². The van der Waals surface area contributed by atoms with Crippen molar-refractivity contribution in [3.05, 3.63) is 53.3 Å². The quantitative estimate of drug-likeness (QED) is 0.379. The number of aromatic nitrogens is 5. The summed E-state index contributed by atoms with van der Waals surface area (Å²) in [6.45, 7) is 0. The summed E-state index contributed by atoms with van der Waals surface area (Å²) in [5, 5.41) is 9.19. The highest BCUT2D eigenvalue weighted by Gasteiger charge is 2.23. The fraction of sp³-hybridized carbons (Fsp3) is 0.316. The molecule has 0 aliphatic heterocycles. The van der Waals surface area contributed by atoms with Gasteiger partial charge in [-0.05, 0) is 40.7 Å². The molecule has 0 radical (unpaired) electrons. The van der Waals surface area contributed by atoms with Crippen LogP contribution in [-0.4, -0.2) is 37.9 Å². The summed E-state index contributed by atoms with van der Waals surface area (Å²) in [4.78, 5) is 33.7. The number of aromatic amines is 1. The second-order valence-electron chi connectivity index (χ2n) is 7.25. The van der Waals surface area contributed by atoms with Gasteiger partial charge in [0.25, 0.3) is 5.91 Å². The lowest BCUT2D eigenvalue weighted by molar-refractivity contribution is -0.586. The van der Waals surface area contributed by atoms with Crippen LogP contribution in [-0.2, 0) is 0 Å². The number of nitrogens with zero attached hydrogens (tertiary/aromatic N) is 4. The molecule has 1 fully saturated rings. The number of anilines is 3. The molecule has 4 rings (SSSR count). The number of rotatable bonds is 6. The number of carbonyl (C=O) groups excluding carboxylic acids is 1. The molecule has 30 heavy (non-hydrogen) atoms. The summed E-state index contributed by atoms with van der Waals surface area (Å²) in [6.07, 6.45) is 8.37. The number of H-pyrrole nitrogens is 1. The maximum absolute atomic E-state index is 11.9. The number of nitrogens with two attached hydrogens (primary N) is 2. The van der Waals surface area contributed by atoms with Crippen LogP contribution in [0.5, 0.6) is 0 Å². The summed E-state index contributed by atoms with van der Waals surface area (Å²) in [7, 11) is 0. The minimum absolute atomic E-state index is 0.0304. The van der Waals surface area contributed by atoms with Crippen molar-refractivity contribution in [2.75, 3.05) is 10.6 Å². The Morgan fingerprint density at radius 2 is 2.13 bits per heavy atom. The molecule has 0 unspecified atom stereocenters. The van der Waals surface area contributed by atoms with E-state index in [-0.39, 0.29) is 23.5 Å². The number of hydrogen-bond donors (Lipinski definition) is 5. The van der Waals surface area contributed by atoms with Gasteiger partial charge in [-0.25, -0.2) is 4.98 Å². The lowest BCUT2D eigenvalue weighted by atomic mass is 9.91. The van der Waals surface area contributed by atoms with Crippen molar-refractivity contribution in [2.45, 2.75) is 37.8 Å². The van der Waals surface area contributed by atoms with Crippen LogP contribution in [0.25, 0.3) is 5.69 Å². The van der Waals surface area contributed by atoms with E-state index in [4.69, 9.17) is 11.5 Å². The van der Waals surface area contributed by atoms with Crippen LogP contribution in [0.2, 0.25) is 0 Å². The Morgan fingerprint density at radius 1 is 1.30 bits per heavy atom. The van der Waals surface area contributed by atoms with Crippen LogP contribution in [0.4, 0.5) is 17.5 Å². The Balaban J connectivity index is 1.62. The molecule has 1 aliphatic rings. The van der Waals surface area contributed by atoms with Gasteiger partial charge < -0.3 is 22.1 Å². The normalized spacial score (nSPS) is 18.7. The first-order valence-electron chi connectivity index (χ1n) is 9.76. The fourth-order valence-corrected chi connectivity index (χ4v) is 3.56. The van der Waals surface area contributed by atoms with Gasteiger partial charge in [-0.15, -0.1) is 0 Å². The minimum Gasteiger partial charge on any atom is -0.365 e. The van der Waals surface area contributed by atoms with E-state index >= 15 is 0 Å². The molecule has 1 aliphatic carbocycles. The van der Waals surface area contributed by atoms with Crippen LogP contribution < -0.4 is 26.6 Å². The average Bonchev–Trinajstić information content (AvgIpc) is 3.16. The fourth-order valence-electron chi connectivity index (χ4n) is 3.56. The minimum atomic E-state index is -0.647. The van der Waals surface area contributed by atoms with Crippen molar-refractivity contribution in [1.29, 1.82) is 0 Å². The van der Waals surface area contributed by atoms with Crippen LogP contribution in [0.1, 0.15) is 36.0 Å². The third-order valence-corrected chi connectivity index (χ3v) is 5.14. The van der Waals surface area contributed by atoms with E-state index in [0.29, 0.717) is 21.9 Å². The summed E-state index contributed by atoms with van der Waals surface area (Å²) in [5.41, 5.74) is 13.1. The Bertz CT molecular complexity index is 1110. The van der Waals surface area contributed by atoms with Gasteiger partial charge in [0.2, 0.25) is 12.1 Å². The maximum atomic E-state index is 11.9. The first kappa shape index (κ1) is 19.6. The average molecular weight is 410 g/mol. The molecule has 11 nitrogen and oxygen atoms in total. The number of benzene rings is 1. The zero-order chi connectivity index (χ0) is 21.1. The van der Waals surface area contributed by atoms with Crippen molar-refractivity contribution in [3.8, 4) is 5.69 Å². The predicted molar refractivity (Wildman–Crippen MR) is 111 cm³/mol. The molecule has 1 aromatic carbocycles. The Hall–Kier alpha value is -3.73. The standard InChI is InChI=1S/C19H23N9O2/c20-15-6-1-2-7-16(15)25-19-22-11-14(17(21)29)18(26-19)24-12-4-3-5-13(10-12)28-23-8-9-27(28)30/h3-5,8-11,15-16H,1-2,6-7,20H2,(H4-,21,22,23,24,25,26,29,30)/p+1/t15-,16+/m0/s1. The summed E-state index contributed by atoms with van der Waals surface area (Å²) >= 11 is 0. The van der Waals surface area contributed by atoms with E-state index in [9.17, 15) is 9.70 Å². The molecular weight excluding hydrogens is 386 g/mol. The molecule has 3 aromatic rings. The van der Waals surface area contributed by atoms with Gasteiger partial charge in [0.1, 0.15) is 17.1 Å². The number of primary amides is 1. The monoisotopic (exact) mass is 410 g/mol. The van der Waals surface area contributed by atoms with Crippen molar-refractivity contribution in [3.63, 3.8) is 0 Å². The first-order valence-corrected chi connectivity index (χ1v) is 9.76. The zero-order valence-electron chi connectivity index (χ0n) is 16.3. The second-order valence-corrected chi connectivity index (χ2v) is 7.25. The van der Waals surface area contributed by atoms with Crippen molar-refractivity contribution < 1.29 is 9.34 Å². The molecule has 2 atom stereocenters. The van der Waals surface area contributed by atoms with Crippen LogP contribution in [0.3, 0.4) is 0 Å². The molecule has 11 heteroatoms. The molecule has 0 spiro atoms. The molecule has 156 valence electrons. The van der Waals surface area contributed by atoms with Crippen LogP contribution in [0, 0.1) is 4.91 Å². The van der Waals surface area contributed by atoms with Gasteiger partial charge in [-0.1, -0.05) is 18.9 Å². The molecular formula is C19H24N9O2+. The van der Waals surface area contributed by atoms with Gasteiger partial charge >= 0.3 is 0 Å². The van der Waals surface area contributed by atoms with Crippen LogP contribution >= 0.6 is 0 Å². The molecule has 7 N–H and O–H groups in total. The van der Waals surface area contributed by atoms with Gasteiger partial charge in [0.15, 0.2) is 6.20 Å². The van der Waals surface area contributed by atoms with Gasteiger partial charge in [0, 0.05) is 24.0 Å². The third-order valence-electron chi connectivity index (χ3n) is 5.14. The van der Waals surface area contributed by atoms with E-state index in [1.807, 2.05) is 0 Å². The predicted octanol–water partition coefficient (Wildman–Crippen LogP) is 1.03. The second kappa shape index (κ2) is 8.33. The van der Waals surface area contributed by atoms with E-state index in [1.165, 1.54) is 23.4 Å². The van der Waals surface area contributed by atoms with Crippen molar-refractivity contribution >= 4 is 23.4 Å². The van der Waals surface area contributed by atoms with E-state index in [2.05, 4.69) is 25.7 Å². The zero-order valence-corrected chi connectivity index (χ0v) is 16.3. The highest BCUT2D eigenvalue weighted by molar-refractivity contribution is 5.98. The van der Waals surface area contributed by atoms with E-state index in [0.717, 1.165) is 25.7 Å². The highest BCUT2D eigenvalue weighted by Crippen LogP contribution is 2.23. The Labute approximate surface area is 172 Å². The third kappa shape index (κ3) is 4.15. The number of hydrogen-bond acceptors (Lipinski definition) is 7. The van der Waals surface area contributed by atoms with E-state index < -0.39 is 5.91 Å². The van der Waals surface area contributed by atoms with Gasteiger partial charge in [-0.2, -0.15) is 10.1 Å². The topological polar surface area (TPSA) is 163 Å². The molecule has 2 aromatic heterocycles. The SMILES string of the molecule is NC(=O)c1cnc(N[C@@H]2CCCC[C@@H]2N)nc1Nc1cccc(-n2[nH]cc[n+]2=O)c1. The van der Waals surface area contributed by atoms with Gasteiger partial charge in [0.05, 0.1) is 4.54 Å². The number of nitrogens with one attached hydrogen (secondary N) is 3. The van der Waals surface area contributed by atoms with E-state index in [1.54, 1.807) is 24.3 Å². The molecule has 2 heterocycles. The Kier molecular flexibility index (Phi) is 5.44. The summed E-state index contributed by atoms with van der Waals surface area (Å²) < 4.78 is 0.661. The molecule has 0 bridgehead atoms. The summed E-state index contributed by atoms with van der Waals surface area (Å²) in [6, 6.07) is 7.18. The molecule has 0 saturated heterocycles. The van der Waals surface area contributed by atoms with Gasteiger partial charge in [-0.3, -0.25) is 4.79 Å². The maximum Gasteiger partial charge on any atom is 0.254 e. The highest BCUT2D eigenvalue weighted by atomic mass is 16.3. The lowest BCUT2D eigenvalue weighted by Crippen LogP contribution is -2.43.